The topological polar surface area (TPSA) is 65.8 Å². The smallest absolute Gasteiger partial charge is 0.130 e. The highest BCUT2D eigenvalue weighted by Crippen LogP contribution is 2.37. The third-order valence-electron chi connectivity index (χ3n) is 5.60. The van der Waals surface area contributed by atoms with Gasteiger partial charge in [0, 0.05) is 25.8 Å². The summed E-state index contributed by atoms with van der Waals surface area (Å²) in [5.74, 6) is 1.85. The first-order chi connectivity index (χ1) is 12.7. The molecule has 4 atom stereocenters. The van der Waals surface area contributed by atoms with Crippen LogP contribution in [0.1, 0.15) is 24.1 Å². The monoisotopic (exact) mass is 354 g/mol. The second-order valence-corrected chi connectivity index (χ2v) is 7.58. The minimum absolute atomic E-state index is 0.466. The molecule has 1 aromatic carbocycles. The number of likely N-dealkylation sites (tertiary alicyclic amines) is 1. The Hall–Kier alpha value is -1.95. The largest absolute Gasteiger partial charge is 0.487 e. The summed E-state index contributed by atoms with van der Waals surface area (Å²) in [6.45, 7) is 3.33. The Morgan fingerprint density at radius 1 is 1.00 bits per heavy atom. The molecule has 1 aliphatic carbocycles. The van der Waals surface area contributed by atoms with E-state index in [-0.39, 0.29) is 0 Å². The highest BCUT2D eigenvalue weighted by Gasteiger charge is 2.40. The number of benzene rings is 1. The molecule has 5 heteroatoms. The molecule has 2 N–H and O–H groups in total. The predicted octanol–water partition coefficient (Wildman–Crippen LogP) is 2.22. The first kappa shape index (κ1) is 17.5. The second kappa shape index (κ2) is 7.74. The average Bonchev–Trinajstić information content (AvgIpc) is 3.02. The molecule has 5 nitrogen and oxygen atoms in total. The van der Waals surface area contributed by atoms with Gasteiger partial charge in [0.25, 0.3) is 0 Å². The van der Waals surface area contributed by atoms with Gasteiger partial charge in [0.2, 0.25) is 0 Å². The van der Waals surface area contributed by atoms with Crippen LogP contribution in [0, 0.1) is 11.8 Å². The van der Waals surface area contributed by atoms with Gasteiger partial charge in [-0.05, 0) is 54.5 Å². The molecule has 0 amide bonds. The molecule has 138 valence electrons. The third kappa shape index (κ3) is 4.06. The van der Waals surface area contributed by atoms with Crippen molar-refractivity contribution in [3.63, 3.8) is 0 Å². The fourth-order valence-corrected chi connectivity index (χ4v) is 4.27. The Kier molecular flexibility index (Phi) is 5.20. The van der Waals surface area contributed by atoms with Crippen LogP contribution in [-0.4, -0.2) is 45.4 Å². The maximum absolute atomic E-state index is 9.90. The number of pyridine rings is 1. The van der Waals surface area contributed by atoms with E-state index in [1.807, 2.05) is 30.3 Å². The number of aliphatic hydroxyl groups is 2. The zero-order valence-corrected chi connectivity index (χ0v) is 14.9. The van der Waals surface area contributed by atoms with Gasteiger partial charge in [-0.2, -0.15) is 0 Å². The first-order valence-electron chi connectivity index (χ1n) is 9.37. The summed E-state index contributed by atoms with van der Waals surface area (Å²) >= 11 is 0. The highest BCUT2D eigenvalue weighted by molar-refractivity contribution is 5.28. The normalized spacial score (nSPS) is 28.7. The standard InChI is InChI=1S/C21H26N2O3/c24-20-9-16-12-23(13-17(16)10-21(20)25)11-15-4-3-6-19(8-15)26-14-18-5-1-2-7-22-18/h1-8,16-17,20-21,24-25H,9-14H2/t16-,17+,20-,21-/m1/s1. The molecule has 2 aromatic rings. The lowest BCUT2D eigenvalue weighted by Crippen LogP contribution is -2.38. The second-order valence-electron chi connectivity index (χ2n) is 7.58. The highest BCUT2D eigenvalue weighted by atomic mass is 16.5. The molecule has 4 rings (SSSR count). The molecule has 1 saturated heterocycles. The molecule has 1 aromatic heterocycles. The van der Waals surface area contributed by atoms with Crippen molar-refractivity contribution in [3.8, 4) is 5.75 Å². The molecule has 1 saturated carbocycles. The van der Waals surface area contributed by atoms with E-state index >= 15 is 0 Å². The van der Waals surface area contributed by atoms with E-state index < -0.39 is 12.2 Å². The number of rotatable bonds is 5. The van der Waals surface area contributed by atoms with Gasteiger partial charge in [0.1, 0.15) is 12.4 Å². The lowest BCUT2D eigenvalue weighted by atomic mass is 9.79. The fourth-order valence-electron chi connectivity index (χ4n) is 4.27. The summed E-state index contributed by atoms with van der Waals surface area (Å²) in [5, 5.41) is 19.8. The molecule has 0 radical (unpaired) electrons. The lowest BCUT2D eigenvalue weighted by molar-refractivity contribution is -0.0372. The first-order valence-corrected chi connectivity index (χ1v) is 9.37. The van der Waals surface area contributed by atoms with E-state index in [9.17, 15) is 10.2 Å². The molecule has 0 spiro atoms. The van der Waals surface area contributed by atoms with Gasteiger partial charge in [-0.3, -0.25) is 9.88 Å². The Morgan fingerprint density at radius 3 is 2.46 bits per heavy atom. The van der Waals surface area contributed by atoms with Crippen LogP contribution in [0.3, 0.4) is 0 Å². The zero-order chi connectivity index (χ0) is 17.9. The van der Waals surface area contributed by atoms with Gasteiger partial charge in [-0.1, -0.05) is 18.2 Å². The van der Waals surface area contributed by atoms with E-state index in [1.165, 1.54) is 5.56 Å². The number of hydrogen-bond acceptors (Lipinski definition) is 5. The number of aromatic nitrogens is 1. The van der Waals surface area contributed by atoms with Crippen LogP contribution < -0.4 is 4.74 Å². The molecule has 0 bridgehead atoms. The van der Waals surface area contributed by atoms with Crippen LogP contribution in [-0.2, 0) is 13.2 Å². The molecule has 0 unspecified atom stereocenters. The van der Waals surface area contributed by atoms with Gasteiger partial charge in [-0.15, -0.1) is 0 Å². The van der Waals surface area contributed by atoms with Crippen LogP contribution in [0.2, 0.25) is 0 Å². The number of fused-ring (bicyclic) bond motifs is 1. The van der Waals surface area contributed by atoms with Gasteiger partial charge in [-0.25, -0.2) is 0 Å². The fraction of sp³-hybridized carbons (Fsp3) is 0.476. The Morgan fingerprint density at radius 2 is 1.77 bits per heavy atom. The summed E-state index contributed by atoms with van der Waals surface area (Å²) in [6.07, 6.45) is 2.10. The molecule has 2 heterocycles. The van der Waals surface area contributed by atoms with E-state index in [2.05, 4.69) is 22.0 Å². The van der Waals surface area contributed by atoms with Crippen LogP contribution in [0.25, 0.3) is 0 Å². The molecular formula is C21H26N2O3. The van der Waals surface area contributed by atoms with E-state index in [1.54, 1.807) is 6.20 Å². The van der Waals surface area contributed by atoms with Crippen LogP contribution >= 0.6 is 0 Å². The summed E-state index contributed by atoms with van der Waals surface area (Å²) in [5.41, 5.74) is 2.14. The van der Waals surface area contributed by atoms with Crippen molar-refractivity contribution in [3.05, 3.63) is 59.9 Å². The summed E-state index contributed by atoms with van der Waals surface area (Å²) in [7, 11) is 0. The zero-order valence-electron chi connectivity index (χ0n) is 14.9. The molecule has 2 aliphatic rings. The number of nitrogens with zero attached hydrogens (tertiary/aromatic N) is 2. The van der Waals surface area contributed by atoms with Crippen molar-refractivity contribution < 1.29 is 14.9 Å². The third-order valence-corrected chi connectivity index (χ3v) is 5.60. The van der Waals surface area contributed by atoms with E-state index in [0.717, 1.165) is 43.9 Å². The minimum Gasteiger partial charge on any atom is -0.487 e. The van der Waals surface area contributed by atoms with Crippen LogP contribution in [0.4, 0.5) is 0 Å². The van der Waals surface area contributed by atoms with E-state index in [4.69, 9.17) is 4.74 Å². The summed E-state index contributed by atoms with van der Waals surface area (Å²) < 4.78 is 5.87. The van der Waals surface area contributed by atoms with Gasteiger partial charge >= 0.3 is 0 Å². The SMILES string of the molecule is O[C@@H]1C[C@@H]2CN(Cc3cccc(OCc4ccccn4)c3)C[C@@H]2C[C@H]1O. The van der Waals surface area contributed by atoms with Crippen LogP contribution in [0.5, 0.6) is 5.75 Å². The molecule has 2 fully saturated rings. The maximum Gasteiger partial charge on any atom is 0.130 e. The number of ether oxygens (including phenoxy) is 1. The summed E-state index contributed by atoms with van der Waals surface area (Å²) in [4.78, 5) is 6.71. The molecular weight excluding hydrogens is 328 g/mol. The van der Waals surface area contributed by atoms with Crippen molar-refractivity contribution in [2.75, 3.05) is 13.1 Å². The van der Waals surface area contributed by atoms with Crippen molar-refractivity contribution in [1.29, 1.82) is 0 Å². The quantitative estimate of drug-likeness (QED) is 0.862. The number of aliphatic hydroxyl groups excluding tert-OH is 2. The Bertz CT molecular complexity index is 706. The molecule has 26 heavy (non-hydrogen) atoms. The van der Waals surface area contributed by atoms with Crippen molar-refractivity contribution in [2.45, 2.75) is 38.2 Å². The Balaban J connectivity index is 1.34. The maximum atomic E-state index is 9.90. The summed E-state index contributed by atoms with van der Waals surface area (Å²) in [6, 6.07) is 14.0. The minimum atomic E-state index is -0.556. The van der Waals surface area contributed by atoms with Crippen LogP contribution in [0.15, 0.2) is 48.7 Å². The van der Waals surface area contributed by atoms with Crippen molar-refractivity contribution >= 4 is 0 Å². The molecule has 1 aliphatic heterocycles. The predicted molar refractivity (Wildman–Crippen MR) is 98.5 cm³/mol. The van der Waals surface area contributed by atoms with Gasteiger partial charge in [0.05, 0.1) is 17.9 Å². The van der Waals surface area contributed by atoms with Crippen molar-refractivity contribution in [1.82, 2.24) is 9.88 Å². The van der Waals surface area contributed by atoms with Crippen molar-refractivity contribution in [2.24, 2.45) is 11.8 Å². The van der Waals surface area contributed by atoms with Gasteiger partial charge < -0.3 is 14.9 Å². The number of hydrogen-bond donors (Lipinski definition) is 2. The Labute approximate surface area is 154 Å². The van der Waals surface area contributed by atoms with Gasteiger partial charge in [0.15, 0.2) is 0 Å². The van der Waals surface area contributed by atoms with E-state index in [0.29, 0.717) is 18.4 Å². The lowest BCUT2D eigenvalue weighted by Gasteiger charge is -2.32. The average molecular weight is 354 g/mol.